The molecule has 72 valence electrons. The number of aliphatic hydroxyl groups is 1. The van der Waals surface area contributed by atoms with Gasteiger partial charge in [0.2, 0.25) is 0 Å². The van der Waals surface area contributed by atoms with Gasteiger partial charge in [0.05, 0.1) is 6.10 Å². The highest BCUT2D eigenvalue weighted by Gasteiger charge is 2.14. The lowest BCUT2D eigenvalue weighted by Crippen LogP contribution is -2.16. The van der Waals surface area contributed by atoms with E-state index < -0.39 is 6.10 Å². The Morgan fingerprint density at radius 1 is 1.31 bits per heavy atom. The molecule has 2 atom stereocenters. The topological polar surface area (TPSA) is 29.5 Å². The molecule has 1 aromatic carbocycles. The van der Waals surface area contributed by atoms with Crippen molar-refractivity contribution in [1.29, 1.82) is 0 Å². The SMILES string of the molecule is COC(C)C(O)c1ccc(F)cc1. The highest BCUT2D eigenvalue weighted by molar-refractivity contribution is 5.19. The predicted octanol–water partition coefficient (Wildman–Crippen LogP) is 1.89. The number of benzene rings is 1. The van der Waals surface area contributed by atoms with Gasteiger partial charge in [-0.25, -0.2) is 4.39 Å². The fraction of sp³-hybridized carbons (Fsp3) is 0.400. The molecule has 3 heteroatoms. The molecule has 0 spiro atoms. The Morgan fingerprint density at radius 2 is 1.85 bits per heavy atom. The summed E-state index contributed by atoms with van der Waals surface area (Å²) in [4.78, 5) is 0. The second-order valence-corrected chi connectivity index (χ2v) is 2.94. The van der Waals surface area contributed by atoms with Gasteiger partial charge in [0.1, 0.15) is 11.9 Å². The molecule has 0 saturated carbocycles. The Kier molecular flexibility index (Phi) is 3.39. The van der Waals surface area contributed by atoms with Crippen LogP contribution in [0.3, 0.4) is 0 Å². The number of hydrogen-bond donors (Lipinski definition) is 1. The van der Waals surface area contributed by atoms with Crippen LogP contribution >= 0.6 is 0 Å². The average molecular weight is 184 g/mol. The van der Waals surface area contributed by atoms with Gasteiger partial charge in [-0.15, -0.1) is 0 Å². The number of halogens is 1. The van der Waals surface area contributed by atoms with Crippen LogP contribution in [0.25, 0.3) is 0 Å². The summed E-state index contributed by atoms with van der Waals surface area (Å²) in [5.74, 6) is -0.305. The Labute approximate surface area is 77.0 Å². The van der Waals surface area contributed by atoms with Gasteiger partial charge in [0.15, 0.2) is 0 Å². The zero-order valence-electron chi connectivity index (χ0n) is 7.70. The molecule has 0 radical (unpaired) electrons. The van der Waals surface area contributed by atoms with Gasteiger partial charge >= 0.3 is 0 Å². The van der Waals surface area contributed by atoms with Gasteiger partial charge in [-0.2, -0.15) is 0 Å². The molecule has 0 fully saturated rings. The zero-order valence-corrected chi connectivity index (χ0v) is 7.70. The second-order valence-electron chi connectivity index (χ2n) is 2.94. The van der Waals surface area contributed by atoms with Crippen molar-refractivity contribution in [1.82, 2.24) is 0 Å². The molecule has 0 aliphatic heterocycles. The van der Waals surface area contributed by atoms with Crippen LogP contribution in [0.4, 0.5) is 4.39 Å². The summed E-state index contributed by atoms with van der Waals surface area (Å²) in [5, 5.41) is 9.63. The van der Waals surface area contributed by atoms with E-state index in [1.165, 1.54) is 19.2 Å². The molecule has 1 aromatic rings. The Hall–Kier alpha value is -0.930. The fourth-order valence-corrected chi connectivity index (χ4v) is 1.06. The van der Waals surface area contributed by atoms with Gasteiger partial charge in [0, 0.05) is 7.11 Å². The molecule has 13 heavy (non-hydrogen) atoms. The van der Waals surface area contributed by atoms with Crippen LogP contribution in [0.5, 0.6) is 0 Å². The van der Waals surface area contributed by atoms with Crippen LogP contribution < -0.4 is 0 Å². The number of ether oxygens (including phenoxy) is 1. The number of aliphatic hydroxyl groups excluding tert-OH is 1. The van der Waals surface area contributed by atoms with Crippen molar-refractivity contribution in [3.8, 4) is 0 Å². The van der Waals surface area contributed by atoms with E-state index in [9.17, 15) is 9.50 Å². The van der Waals surface area contributed by atoms with Crippen molar-refractivity contribution >= 4 is 0 Å². The van der Waals surface area contributed by atoms with Crippen molar-refractivity contribution in [2.45, 2.75) is 19.1 Å². The molecule has 0 amide bonds. The summed E-state index contributed by atoms with van der Waals surface area (Å²) in [5.41, 5.74) is 0.663. The van der Waals surface area contributed by atoms with E-state index in [2.05, 4.69) is 0 Å². The third-order valence-electron chi connectivity index (χ3n) is 2.03. The zero-order chi connectivity index (χ0) is 9.84. The molecule has 2 unspecified atom stereocenters. The number of methoxy groups -OCH3 is 1. The van der Waals surface area contributed by atoms with Crippen LogP contribution in [0, 0.1) is 5.82 Å². The van der Waals surface area contributed by atoms with E-state index in [1.807, 2.05) is 0 Å². The summed E-state index contributed by atoms with van der Waals surface area (Å²) in [6, 6.07) is 5.74. The summed E-state index contributed by atoms with van der Waals surface area (Å²) in [6.07, 6.45) is -0.990. The van der Waals surface area contributed by atoms with E-state index >= 15 is 0 Å². The Morgan fingerprint density at radius 3 is 2.31 bits per heavy atom. The molecule has 0 bridgehead atoms. The molecular weight excluding hydrogens is 171 g/mol. The van der Waals surface area contributed by atoms with E-state index in [0.29, 0.717) is 5.56 Å². The first-order valence-electron chi connectivity index (χ1n) is 4.11. The summed E-state index contributed by atoms with van der Waals surface area (Å²) < 4.78 is 17.5. The summed E-state index contributed by atoms with van der Waals surface area (Å²) in [7, 11) is 1.53. The fourth-order valence-electron chi connectivity index (χ4n) is 1.06. The van der Waals surface area contributed by atoms with Gasteiger partial charge in [-0.3, -0.25) is 0 Å². The first kappa shape index (κ1) is 10.2. The van der Waals surface area contributed by atoms with Crippen LogP contribution in [-0.4, -0.2) is 18.3 Å². The van der Waals surface area contributed by atoms with Gasteiger partial charge < -0.3 is 9.84 Å². The highest BCUT2D eigenvalue weighted by Crippen LogP contribution is 2.18. The van der Waals surface area contributed by atoms with Crippen molar-refractivity contribution in [3.05, 3.63) is 35.6 Å². The molecule has 0 aliphatic carbocycles. The first-order chi connectivity index (χ1) is 6.15. The summed E-state index contributed by atoms with van der Waals surface area (Å²) in [6.45, 7) is 1.76. The lowest BCUT2D eigenvalue weighted by atomic mass is 10.1. The first-order valence-corrected chi connectivity index (χ1v) is 4.11. The largest absolute Gasteiger partial charge is 0.386 e. The van der Waals surface area contributed by atoms with Crippen molar-refractivity contribution in [2.75, 3.05) is 7.11 Å². The van der Waals surface area contributed by atoms with E-state index in [1.54, 1.807) is 19.1 Å². The quantitative estimate of drug-likeness (QED) is 0.777. The van der Waals surface area contributed by atoms with Crippen molar-refractivity contribution in [2.24, 2.45) is 0 Å². The minimum atomic E-state index is -0.703. The lowest BCUT2D eigenvalue weighted by Gasteiger charge is -2.17. The van der Waals surface area contributed by atoms with Gasteiger partial charge in [-0.05, 0) is 24.6 Å². The standard InChI is InChI=1S/C10H13FO2/c1-7(13-2)10(12)8-3-5-9(11)6-4-8/h3-7,10,12H,1-2H3. The Bertz CT molecular complexity index is 258. The maximum atomic E-state index is 12.5. The second kappa shape index (κ2) is 4.35. The molecule has 0 saturated heterocycles. The van der Waals surface area contributed by atoms with Crippen LogP contribution in [0.1, 0.15) is 18.6 Å². The monoisotopic (exact) mass is 184 g/mol. The molecule has 1 rings (SSSR count). The van der Waals surface area contributed by atoms with Crippen LogP contribution in [0.2, 0.25) is 0 Å². The minimum Gasteiger partial charge on any atom is -0.386 e. The van der Waals surface area contributed by atoms with E-state index in [4.69, 9.17) is 4.74 Å². The van der Waals surface area contributed by atoms with Crippen molar-refractivity contribution in [3.63, 3.8) is 0 Å². The number of rotatable bonds is 3. The third-order valence-corrected chi connectivity index (χ3v) is 2.03. The average Bonchev–Trinajstić information content (AvgIpc) is 2.17. The Balaban J connectivity index is 2.77. The van der Waals surface area contributed by atoms with Gasteiger partial charge in [0.25, 0.3) is 0 Å². The maximum absolute atomic E-state index is 12.5. The lowest BCUT2D eigenvalue weighted by molar-refractivity contribution is -0.00145. The van der Waals surface area contributed by atoms with Crippen molar-refractivity contribution < 1.29 is 14.2 Å². The van der Waals surface area contributed by atoms with E-state index in [0.717, 1.165) is 0 Å². The van der Waals surface area contributed by atoms with Gasteiger partial charge in [-0.1, -0.05) is 12.1 Å². The molecule has 1 N–H and O–H groups in total. The molecule has 0 heterocycles. The molecular formula is C10H13FO2. The van der Waals surface area contributed by atoms with Crippen LogP contribution in [-0.2, 0) is 4.74 Å². The maximum Gasteiger partial charge on any atom is 0.123 e. The minimum absolute atomic E-state index is 0.287. The predicted molar refractivity (Wildman–Crippen MR) is 47.8 cm³/mol. The highest BCUT2D eigenvalue weighted by atomic mass is 19.1. The summed E-state index contributed by atoms with van der Waals surface area (Å²) >= 11 is 0. The van der Waals surface area contributed by atoms with E-state index in [-0.39, 0.29) is 11.9 Å². The molecule has 2 nitrogen and oxygen atoms in total. The number of hydrogen-bond acceptors (Lipinski definition) is 2. The smallest absolute Gasteiger partial charge is 0.123 e. The normalized spacial score (nSPS) is 15.4. The van der Waals surface area contributed by atoms with Crippen LogP contribution in [0.15, 0.2) is 24.3 Å². The molecule has 0 aliphatic rings. The molecule has 0 aromatic heterocycles. The third kappa shape index (κ3) is 2.50.